The van der Waals surface area contributed by atoms with Crippen molar-refractivity contribution in [3.63, 3.8) is 0 Å². The predicted octanol–water partition coefficient (Wildman–Crippen LogP) is 3.39. The van der Waals surface area contributed by atoms with Crippen molar-refractivity contribution in [2.24, 2.45) is 11.8 Å². The zero-order valence-corrected chi connectivity index (χ0v) is 17.2. The Kier molecular flexibility index (Phi) is 6.94. The summed E-state index contributed by atoms with van der Waals surface area (Å²) in [6, 6.07) is 5.82. The molecule has 0 aromatic heterocycles. The maximum atomic E-state index is 12.8. The SMILES string of the molecule is Cc1ccc(NC(=O)C2CCN(C(=O)C(C)C)CC2)c(OCC2CCCO2)c1. The smallest absolute Gasteiger partial charge is 0.227 e. The Morgan fingerprint density at radius 2 is 2.00 bits per heavy atom. The minimum Gasteiger partial charge on any atom is -0.489 e. The number of likely N-dealkylation sites (tertiary alicyclic amines) is 1. The Morgan fingerprint density at radius 1 is 1.25 bits per heavy atom. The molecule has 2 aliphatic heterocycles. The van der Waals surface area contributed by atoms with Gasteiger partial charge >= 0.3 is 0 Å². The number of carbonyl (C=O) groups is 2. The van der Waals surface area contributed by atoms with E-state index in [0.29, 0.717) is 44.0 Å². The fourth-order valence-electron chi connectivity index (χ4n) is 3.77. The summed E-state index contributed by atoms with van der Waals surface area (Å²) in [6.45, 7) is 8.42. The molecule has 1 unspecified atom stereocenters. The van der Waals surface area contributed by atoms with E-state index in [1.807, 2.05) is 43.9 Å². The molecule has 1 aromatic rings. The van der Waals surface area contributed by atoms with E-state index in [2.05, 4.69) is 5.32 Å². The number of hydrogen-bond donors (Lipinski definition) is 1. The van der Waals surface area contributed by atoms with Crippen LogP contribution in [-0.2, 0) is 14.3 Å². The Balaban J connectivity index is 1.57. The molecule has 2 aliphatic rings. The summed E-state index contributed by atoms with van der Waals surface area (Å²) in [6.07, 6.45) is 3.61. The van der Waals surface area contributed by atoms with Crippen molar-refractivity contribution in [2.45, 2.75) is 52.6 Å². The maximum Gasteiger partial charge on any atom is 0.227 e. The average molecular weight is 389 g/mol. The highest BCUT2D eigenvalue weighted by molar-refractivity contribution is 5.94. The molecular formula is C22H32N2O4. The van der Waals surface area contributed by atoms with E-state index in [0.717, 1.165) is 25.0 Å². The van der Waals surface area contributed by atoms with Crippen molar-refractivity contribution in [1.29, 1.82) is 0 Å². The molecule has 0 saturated carbocycles. The Labute approximate surface area is 167 Å². The summed E-state index contributed by atoms with van der Waals surface area (Å²) in [5.41, 5.74) is 1.79. The predicted molar refractivity (Wildman–Crippen MR) is 108 cm³/mol. The summed E-state index contributed by atoms with van der Waals surface area (Å²) in [7, 11) is 0. The van der Waals surface area contributed by atoms with Crippen molar-refractivity contribution in [2.75, 3.05) is 31.6 Å². The molecule has 0 bridgehead atoms. The van der Waals surface area contributed by atoms with Crippen LogP contribution in [-0.4, -0.2) is 49.1 Å². The minimum atomic E-state index is -0.0801. The van der Waals surface area contributed by atoms with E-state index in [4.69, 9.17) is 9.47 Å². The fourth-order valence-corrected chi connectivity index (χ4v) is 3.77. The highest BCUT2D eigenvalue weighted by Crippen LogP contribution is 2.29. The van der Waals surface area contributed by atoms with Gasteiger partial charge in [0.15, 0.2) is 0 Å². The van der Waals surface area contributed by atoms with Gasteiger partial charge in [-0.05, 0) is 50.3 Å². The lowest BCUT2D eigenvalue weighted by Crippen LogP contribution is -2.43. The first kappa shape index (κ1) is 20.6. The number of benzene rings is 1. The summed E-state index contributed by atoms with van der Waals surface area (Å²) in [5.74, 6) is 0.783. The first-order chi connectivity index (χ1) is 13.4. The monoisotopic (exact) mass is 388 g/mol. The molecule has 1 aromatic carbocycles. The molecule has 28 heavy (non-hydrogen) atoms. The van der Waals surface area contributed by atoms with Crippen LogP contribution in [0.3, 0.4) is 0 Å². The number of amides is 2. The number of aryl methyl sites for hydroxylation is 1. The first-order valence-corrected chi connectivity index (χ1v) is 10.4. The Morgan fingerprint density at radius 3 is 2.64 bits per heavy atom. The molecule has 2 fully saturated rings. The lowest BCUT2D eigenvalue weighted by Gasteiger charge is -2.32. The van der Waals surface area contributed by atoms with Gasteiger partial charge in [-0.3, -0.25) is 9.59 Å². The van der Waals surface area contributed by atoms with Crippen LogP contribution in [0.2, 0.25) is 0 Å². The van der Waals surface area contributed by atoms with Gasteiger partial charge in [0.2, 0.25) is 11.8 Å². The van der Waals surface area contributed by atoms with Crippen molar-refractivity contribution in [1.82, 2.24) is 4.90 Å². The molecule has 1 atom stereocenters. The van der Waals surface area contributed by atoms with Crippen LogP contribution in [0.1, 0.15) is 45.1 Å². The van der Waals surface area contributed by atoms with Crippen LogP contribution in [0.4, 0.5) is 5.69 Å². The van der Waals surface area contributed by atoms with E-state index in [1.165, 1.54) is 0 Å². The summed E-state index contributed by atoms with van der Waals surface area (Å²) in [4.78, 5) is 26.8. The number of nitrogens with zero attached hydrogens (tertiary/aromatic N) is 1. The van der Waals surface area contributed by atoms with E-state index in [1.54, 1.807) is 0 Å². The number of piperidine rings is 1. The molecular weight excluding hydrogens is 356 g/mol. The largest absolute Gasteiger partial charge is 0.489 e. The lowest BCUT2D eigenvalue weighted by molar-refractivity contribution is -0.137. The third kappa shape index (κ3) is 5.25. The zero-order valence-electron chi connectivity index (χ0n) is 17.2. The molecule has 1 N–H and O–H groups in total. The van der Waals surface area contributed by atoms with Crippen LogP contribution < -0.4 is 10.1 Å². The molecule has 0 radical (unpaired) electrons. The van der Waals surface area contributed by atoms with Gasteiger partial charge in [-0.25, -0.2) is 0 Å². The van der Waals surface area contributed by atoms with Crippen molar-refractivity contribution < 1.29 is 19.1 Å². The van der Waals surface area contributed by atoms with Crippen molar-refractivity contribution >= 4 is 17.5 Å². The first-order valence-electron chi connectivity index (χ1n) is 10.4. The molecule has 2 saturated heterocycles. The van der Waals surface area contributed by atoms with Gasteiger partial charge in [0, 0.05) is 31.5 Å². The minimum absolute atomic E-state index is 0.00138. The fraction of sp³-hybridized carbons (Fsp3) is 0.636. The molecule has 2 amide bonds. The van der Waals surface area contributed by atoms with Gasteiger partial charge in [0.1, 0.15) is 12.4 Å². The Bertz CT molecular complexity index is 690. The van der Waals surface area contributed by atoms with Crippen LogP contribution in [0.25, 0.3) is 0 Å². The van der Waals surface area contributed by atoms with Gasteiger partial charge in [-0.15, -0.1) is 0 Å². The van der Waals surface area contributed by atoms with Crippen LogP contribution >= 0.6 is 0 Å². The zero-order chi connectivity index (χ0) is 20.1. The van der Waals surface area contributed by atoms with E-state index >= 15 is 0 Å². The number of hydrogen-bond acceptors (Lipinski definition) is 4. The molecule has 154 valence electrons. The van der Waals surface area contributed by atoms with Gasteiger partial charge in [-0.2, -0.15) is 0 Å². The standard InChI is InChI=1S/C22H32N2O4/c1-15(2)22(26)24-10-8-17(9-11-24)21(25)23-19-7-6-16(3)13-20(19)28-14-18-5-4-12-27-18/h6-7,13,15,17-18H,4-5,8-12,14H2,1-3H3,(H,23,25). The average Bonchev–Trinajstić information content (AvgIpc) is 3.21. The summed E-state index contributed by atoms with van der Waals surface area (Å²) >= 11 is 0. The lowest BCUT2D eigenvalue weighted by atomic mass is 9.95. The molecule has 2 heterocycles. The maximum absolute atomic E-state index is 12.8. The van der Waals surface area contributed by atoms with Gasteiger partial charge < -0.3 is 19.7 Å². The second-order valence-electron chi connectivity index (χ2n) is 8.19. The third-order valence-electron chi connectivity index (χ3n) is 5.52. The molecule has 0 aliphatic carbocycles. The number of nitrogens with one attached hydrogen (secondary N) is 1. The van der Waals surface area contributed by atoms with E-state index in [-0.39, 0.29) is 29.8 Å². The van der Waals surface area contributed by atoms with E-state index < -0.39 is 0 Å². The van der Waals surface area contributed by atoms with Gasteiger partial charge in [0.25, 0.3) is 0 Å². The number of carbonyl (C=O) groups excluding carboxylic acids is 2. The highest BCUT2D eigenvalue weighted by atomic mass is 16.5. The molecule has 6 nitrogen and oxygen atoms in total. The van der Waals surface area contributed by atoms with Gasteiger partial charge in [-0.1, -0.05) is 19.9 Å². The Hall–Kier alpha value is -2.08. The van der Waals surface area contributed by atoms with Crippen molar-refractivity contribution in [3.05, 3.63) is 23.8 Å². The topological polar surface area (TPSA) is 67.9 Å². The second-order valence-corrected chi connectivity index (χ2v) is 8.19. The number of ether oxygens (including phenoxy) is 2. The number of rotatable bonds is 6. The van der Waals surface area contributed by atoms with Crippen LogP contribution in [0.15, 0.2) is 18.2 Å². The highest BCUT2D eigenvalue weighted by Gasteiger charge is 2.28. The molecule has 3 rings (SSSR count). The van der Waals surface area contributed by atoms with E-state index in [9.17, 15) is 9.59 Å². The quantitative estimate of drug-likeness (QED) is 0.811. The third-order valence-corrected chi connectivity index (χ3v) is 5.52. The molecule has 0 spiro atoms. The van der Waals surface area contributed by atoms with Crippen LogP contribution in [0.5, 0.6) is 5.75 Å². The molecule has 6 heteroatoms. The van der Waals surface area contributed by atoms with Crippen LogP contribution in [0, 0.1) is 18.8 Å². The van der Waals surface area contributed by atoms with Crippen molar-refractivity contribution in [3.8, 4) is 5.75 Å². The summed E-state index contributed by atoms with van der Waals surface area (Å²) in [5, 5.41) is 3.04. The normalized spacial score (nSPS) is 20.4. The van der Waals surface area contributed by atoms with Gasteiger partial charge in [0.05, 0.1) is 11.8 Å². The number of anilines is 1. The summed E-state index contributed by atoms with van der Waals surface area (Å²) < 4.78 is 11.6. The second kappa shape index (κ2) is 9.41.